The van der Waals surface area contributed by atoms with Gasteiger partial charge in [0.1, 0.15) is 6.17 Å². The first-order chi connectivity index (χ1) is 14.0. The number of nitrogens with zero attached hydrogens (tertiary/aromatic N) is 1. The Hall–Kier alpha value is -2.37. The van der Waals surface area contributed by atoms with Gasteiger partial charge >= 0.3 is 0 Å². The Balaban J connectivity index is 1.57. The molecule has 4 rings (SSSR count). The lowest BCUT2D eigenvalue weighted by Crippen LogP contribution is -2.48. The highest BCUT2D eigenvalue weighted by atomic mass is 35.5. The molecule has 2 aromatic carbocycles. The molecule has 152 valence electrons. The van der Waals surface area contributed by atoms with Crippen molar-refractivity contribution in [3.8, 4) is 0 Å². The molecular weight excluding hydrogens is 386 g/mol. The molecule has 5 nitrogen and oxygen atoms in total. The first-order valence-electron chi connectivity index (χ1n) is 10.3. The van der Waals surface area contributed by atoms with Crippen LogP contribution in [0.5, 0.6) is 0 Å². The summed E-state index contributed by atoms with van der Waals surface area (Å²) in [7, 11) is 0. The van der Waals surface area contributed by atoms with Crippen molar-refractivity contribution in [2.24, 2.45) is 0 Å². The van der Waals surface area contributed by atoms with Crippen LogP contribution in [0.2, 0.25) is 5.02 Å². The molecule has 2 aliphatic rings. The Morgan fingerprint density at radius 1 is 1.17 bits per heavy atom. The molecular formula is C23H26ClN3O2. The first kappa shape index (κ1) is 19.9. The van der Waals surface area contributed by atoms with Crippen LogP contribution in [0.25, 0.3) is 0 Å². The highest BCUT2D eigenvalue weighted by molar-refractivity contribution is 6.34. The van der Waals surface area contributed by atoms with Gasteiger partial charge in [-0.25, -0.2) is 0 Å². The van der Waals surface area contributed by atoms with Crippen LogP contribution < -0.4 is 10.6 Å². The maximum Gasteiger partial charge on any atom is 0.257 e. The Kier molecular flexibility index (Phi) is 5.61. The number of likely N-dealkylation sites (N-methyl/N-ethyl adjacent to an activating group) is 1. The molecule has 1 spiro atoms. The summed E-state index contributed by atoms with van der Waals surface area (Å²) in [4.78, 5) is 27.7. The number of carbonyl (C=O) groups is 2. The predicted molar refractivity (Wildman–Crippen MR) is 115 cm³/mol. The topological polar surface area (TPSA) is 61.4 Å². The van der Waals surface area contributed by atoms with Gasteiger partial charge in [-0.2, -0.15) is 0 Å². The molecule has 1 heterocycles. The average molecular weight is 412 g/mol. The molecule has 0 aromatic heterocycles. The van der Waals surface area contributed by atoms with Crippen LogP contribution in [0.15, 0.2) is 48.5 Å². The number of hydrogen-bond acceptors (Lipinski definition) is 3. The molecule has 6 heteroatoms. The van der Waals surface area contributed by atoms with Crippen LogP contribution in [-0.2, 0) is 4.79 Å². The quantitative estimate of drug-likeness (QED) is 0.763. The first-order valence-corrected chi connectivity index (χ1v) is 10.7. The fourth-order valence-corrected chi connectivity index (χ4v) is 4.75. The second-order valence-corrected chi connectivity index (χ2v) is 8.25. The summed E-state index contributed by atoms with van der Waals surface area (Å²) in [6, 6.07) is 14.7. The van der Waals surface area contributed by atoms with Crippen LogP contribution in [0, 0.1) is 0 Å². The molecule has 1 saturated heterocycles. The zero-order chi connectivity index (χ0) is 20.4. The third-order valence-corrected chi connectivity index (χ3v) is 6.35. The fourth-order valence-electron chi connectivity index (χ4n) is 4.53. The van der Waals surface area contributed by atoms with Crippen molar-refractivity contribution < 1.29 is 9.59 Å². The van der Waals surface area contributed by atoms with Crippen molar-refractivity contribution in [3.63, 3.8) is 0 Å². The number of halogens is 1. The summed E-state index contributed by atoms with van der Waals surface area (Å²) in [5.74, 6) is -0.0467. The van der Waals surface area contributed by atoms with Gasteiger partial charge in [-0.15, -0.1) is 0 Å². The number of rotatable bonds is 4. The molecule has 29 heavy (non-hydrogen) atoms. The summed E-state index contributed by atoms with van der Waals surface area (Å²) >= 11 is 6.14. The number of hydrogen-bond donors (Lipinski definition) is 2. The minimum absolute atomic E-state index is 0.178. The van der Waals surface area contributed by atoms with Crippen molar-refractivity contribution in [2.45, 2.75) is 50.7 Å². The summed E-state index contributed by atoms with van der Waals surface area (Å²) < 4.78 is 0. The molecule has 1 atom stereocenters. The number of nitrogens with one attached hydrogen (secondary N) is 2. The average Bonchev–Trinajstić information content (AvgIpc) is 3.00. The van der Waals surface area contributed by atoms with E-state index in [0.29, 0.717) is 22.8 Å². The summed E-state index contributed by atoms with van der Waals surface area (Å²) in [6.45, 7) is 2.66. The highest BCUT2D eigenvalue weighted by Gasteiger charge is 2.51. The van der Waals surface area contributed by atoms with E-state index in [9.17, 15) is 9.59 Å². The second kappa shape index (κ2) is 8.17. The van der Waals surface area contributed by atoms with Gasteiger partial charge < -0.3 is 10.2 Å². The zero-order valence-corrected chi connectivity index (χ0v) is 17.3. The van der Waals surface area contributed by atoms with E-state index in [1.807, 2.05) is 36.1 Å². The fraction of sp³-hybridized carbons (Fsp3) is 0.391. The molecule has 1 unspecified atom stereocenters. The van der Waals surface area contributed by atoms with Crippen LogP contribution in [0.3, 0.4) is 0 Å². The van der Waals surface area contributed by atoms with Gasteiger partial charge in [0.2, 0.25) is 5.91 Å². The van der Waals surface area contributed by atoms with Gasteiger partial charge in [-0.1, -0.05) is 55.1 Å². The van der Waals surface area contributed by atoms with E-state index in [2.05, 4.69) is 10.6 Å². The molecule has 2 amide bonds. The largest absolute Gasteiger partial charge is 0.322 e. The number of benzene rings is 2. The van der Waals surface area contributed by atoms with E-state index in [-0.39, 0.29) is 18.0 Å². The minimum Gasteiger partial charge on any atom is -0.322 e. The normalized spacial score (nSPS) is 20.8. The number of carbonyl (C=O) groups excluding carboxylic acids is 2. The van der Waals surface area contributed by atoms with E-state index >= 15 is 0 Å². The molecule has 2 fully saturated rings. The smallest absolute Gasteiger partial charge is 0.257 e. The van der Waals surface area contributed by atoms with Crippen LogP contribution in [0.4, 0.5) is 5.69 Å². The zero-order valence-electron chi connectivity index (χ0n) is 16.6. The second-order valence-electron chi connectivity index (χ2n) is 7.84. The van der Waals surface area contributed by atoms with Gasteiger partial charge in [0.25, 0.3) is 5.91 Å². The third-order valence-electron chi connectivity index (χ3n) is 6.02. The maximum atomic E-state index is 13.2. The van der Waals surface area contributed by atoms with Gasteiger partial charge in [-0.05, 0) is 49.6 Å². The van der Waals surface area contributed by atoms with Crippen molar-refractivity contribution in [1.82, 2.24) is 10.2 Å². The lowest BCUT2D eigenvalue weighted by atomic mass is 9.81. The van der Waals surface area contributed by atoms with E-state index in [1.165, 1.54) is 6.42 Å². The van der Waals surface area contributed by atoms with Crippen LogP contribution >= 0.6 is 11.6 Å². The molecule has 1 aliphatic carbocycles. The maximum absolute atomic E-state index is 13.2. The van der Waals surface area contributed by atoms with Crippen molar-refractivity contribution in [1.29, 1.82) is 0 Å². The molecule has 0 radical (unpaired) electrons. The molecule has 1 saturated carbocycles. The lowest BCUT2D eigenvalue weighted by Gasteiger charge is -2.31. The predicted octanol–water partition coefficient (Wildman–Crippen LogP) is 4.75. The van der Waals surface area contributed by atoms with E-state index in [4.69, 9.17) is 11.6 Å². The van der Waals surface area contributed by atoms with Gasteiger partial charge in [0.05, 0.1) is 16.1 Å². The molecule has 2 N–H and O–H groups in total. The number of amides is 2. The van der Waals surface area contributed by atoms with E-state index in [0.717, 1.165) is 31.2 Å². The van der Waals surface area contributed by atoms with E-state index in [1.54, 1.807) is 24.3 Å². The Labute approximate surface area is 176 Å². The summed E-state index contributed by atoms with van der Waals surface area (Å²) in [6.07, 6.45) is 4.96. The van der Waals surface area contributed by atoms with Crippen molar-refractivity contribution >= 4 is 29.1 Å². The third kappa shape index (κ3) is 3.77. The Morgan fingerprint density at radius 2 is 1.93 bits per heavy atom. The SMILES string of the molecule is CCN1C(=O)C2(CCCCC2)NC1c1cccc(NC(=O)c2ccccc2Cl)c1. The molecule has 2 aromatic rings. The summed E-state index contributed by atoms with van der Waals surface area (Å²) in [5, 5.41) is 6.98. The highest BCUT2D eigenvalue weighted by Crippen LogP contribution is 2.39. The van der Waals surface area contributed by atoms with E-state index < -0.39 is 5.54 Å². The van der Waals surface area contributed by atoms with Gasteiger partial charge in [-0.3, -0.25) is 14.9 Å². The molecule has 0 bridgehead atoms. The van der Waals surface area contributed by atoms with Crippen molar-refractivity contribution in [3.05, 3.63) is 64.7 Å². The Morgan fingerprint density at radius 3 is 2.66 bits per heavy atom. The van der Waals surface area contributed by atoms with Gasteiger partial charge in [0.15, 0.2) is 0 Å². The van der Waals surface area contributed by atoms with Crippen LogP contribution in [-0.4, -0.2) is 28.8 Å². The van der Waals surface area contributed by atoms with Crippen molar-refractivity contribution in [2.75, 3.05) is 11.9 Å². The monoisotopic (exact) mass is 411 g/mol. The summed E-state index contributed by atoms with van der Waals surface area (Å²) in [5.41, 5.74) is 1.66. The molecule has 1 aliphatic heterocycles. The standard InChI is InChI=1S/C23H26ClN3O2/c1-2-27-20(26-23(22(27)29)13-6-3-7-14-23)16-9-8-10-17(15-16)25-21(28)18-11-4-5-12-19(18)24/h4-5,8-12,15,20,26H,2-3,6-7,13-14H2,1H3,(H,25,28). The number of anilines is 1. The minimum atomic E-state index is -0.435. The van der Waals surface area contributed by atoms with Crippen LogP contribution in [0.1, 0.15) is 61.1 Å². The van der Waals surface area contributed by atoms with Gasteiger partial charge in [0, 0.05) is 12.2 Å². The Bertz CT molecular complexity index is 924. The lowest BCUT2D eigenvalue weighted by molar-refractivity contribution is -0.134.